The quantitative estimate of drug-likeness (QED) is 0.180. The Morgan fingerprint density at radius 3 is 1.13 bits per heavy atom. The molecule has 0 nitrogen and oxygen atoms in total. The zero-order valence-electron chi connectivity index (χ0n) is 25.0. The minimum absolute atomic E-state index is 1.22. The van der Waals surface area contributed by atoms with Gasteiger partial charge in [-0.3, -0.25) is 0 Å². The first-order valence-corrected chi connectivity index (χ1v) is 17.2. The smallest absolute Gasteiger partial charge is 0.0355 e. The normalized spacial score (nSPS) is 11.5. The second-order valence-corrected chi connectivity index (χ2v) is 14.0. The first-order chi connectivity index (χ1) is 22.7. The first-order valence-electron chi connectivity index (χ1n) is 15.6. The van der Waals surface area contributed by atoms with Crippen molar-refractivity contribution in [3.05, 3.63) is 170 Å². The van der Waals surface area contributed by atoms with E-state index in [-0.39, 0.29) is 0 Å². The summed E-state index contributed by atoms with van der Waals surface area (Å²) in [7, 11) is 0. The van der Waals surface area contributed by atoms with Gasteiger partial charge in [0.05, 0.1) is 0 Å². The maximum atomic E-state index is 2.34. The number of fused-ring (bicyclic) bond motifs is 3. The molecule has 0 aliphatic rings. The van der Waals surface area contributed by atoms with Crippen LogP contribution in [-0.2, 0) is 0 Å². The van der Waals surface area contributed by atoms with Gasteiger partial charge in [-0.1, -0.05) is 121 Å². The molecule has 0 atom stereocenters. The first kappa shape index (κ1) is 27.1. The van der Waals surface area contributed by atoms with E-state index in [0.29, 0.717) is 0 Å². The molecule has 2 aromatic heterocycles. The van der Waals surface area contributed by atoms with Crippen LogP contribution >= 0.6 is 22.7 Å². The summed E-state index contributed by atoms with van der Waals surface area (Å²) < 4.78 is 2.65. The molecule has 0 radical (unpaired) electrons. The molecule has 2 heterocycles. The molecule has 2 heteroatoms. The van der Waals surface area contributed by atoms with Crippen LogP contribution in [-0.4, -0.2) is 0 Å². The Morgan fingerprint density at radius 2 is 0.630 bits per heavy atom. The summed E-state index contributed by atoms with van der Waals surface area (Å²) in [6, 6.07) is 62.4. The molecule has 216 valence electrons. The third-order valence-electron chi connectivity index (χ3n) is 8.87. The van der Waals surface area contributed by atoms with Crippen LogP contribution in [0.2, 0.25) is 0 Å². The van der Waals surface area contributed by atoms with Gasteiger partial charge in [0.2, 0.25) is 0 Å². The Balaban J connectivity index is 1.12. The van der Waals surface area contributed by atoms with E-state index in [4.69, 9.17) is 0 Å². The number of thiophene rings is 2. The third kappa shape index (κ3) is 5.02. The fourth-order valence-electron chi connectivity index (χ4n) is 6.40. The lowest BCUT2D eigenvalue weighted by Gasteiger charge is -2.13. The van der Waals surface area contributed by atoms with E-state index in [1.165, 1.54) is 85.2 Å². The van der Waals surface area contributed by atoms with E-state index in [2.05, 4.69) is 170 Å². The molecule has 0 fully saturated rings. The lowest BCUT2D eigenvalue weighted by Crippen LogP contribution is -1.87. The molecule has 0 amide bonds. The van der Waals surface area contributed by atoms with E-state index in [9.17, 15) is 0 Å². The second kappa shape index (κ2) is 11.3. The van der Waals surface area contributed by atoms with E-state index < -0.39 is 0 Å². The van der Waals surface area contributed by atoms with Crippen LogP contribution in [0.25, 0.3) is 85.2 Å². The zero-order chi connectivity index (χ0) is 30.5. The highest BCUT2D eigenvalue weighted by Crippen LogP contribution is 2.38. The summed E-state index contributed by atoms with van der Waals surface area (Å²) in [5, 5.41) is 5.12. The Kier molecular flexibility index (Phi) is 6.63. The zero-order valence-corrected chi connectivity index (χ0v) is 26.6. The van der Waals surface area contributed by atoms with Crippen LogP contribution in [0.15, 0.2) is 170 Å². The summed E-state index contributed by atoms with van der Waals surface area (Å²) in [5.74, 6) is 0. The topological polar surface area (TPSA) is 0 Å². The van der Waals surface area contributed by atoms with Crippen molar-refractivity contribution in [3.63, 3.8) is 0 Å². The van der Waals surface area contributed by atoms with Crippen molar-refractivity contribution in [3.8, 4) is 54.3 Å². The van der Waals surface area contributed by atoms with Gasteiger partial charge in [0.1, 0.15) is 0 Å². The van der Waals surface area contributed by atoms with Gasteiger partial charge in [0, 0.05) is 19.2 Å². The molecule has 0 saturated heterocycles. The average Bonchev–Trinajstić information content (AvgIpc) is 3.76. The fourth-order valence-corrected chi connectivity index (χ4v) is 8.53. The van der Waals surface area contributed by atoms with Crippen LogP contribution < -0.4 is 0 Å². The molecule has 7 aromatic carbocycles. The van der Waals surface area contributed by atoms with Crippen LogP contribution in [0.3, 0.4) is 0 Å². The Hall–Kier alpha value is -5.28. The summed E-state index contributed by atoms with van der Waals surface area (Å²) in [6.07, 6.45) is 0. The Morgan fingerprint density at radius 1 is 0.239 bits per heavy atom. The molecule has 0 aliphatic heterocycles. The number of benzene rings is 7. The largest absolute Gasteiger partial charge is 0.135 e. The number of hydrogen-bond donors (Lipinski definition) is 0. The molecular weight excluding hydrogens is 593 g/mol. The summed E-state index contributed by atoms with van der Waals surface area (Å²) >= 11 is 3.71. The van der Waals surface area contributed by atoms with Gasteiger partial charge in [0.25, 0.3) is 0 Å². The molecular formula is C44H28S2. The standard InChI is InChI=1S/C44H28S2/c1-2-8-34-23-35(22-17-29(34)7-1)40-25-38(30-13-18-32(19-14-30)43-27-36-9-3-5-11-41(36)45-43)24-39(26-40)31-15-20-33(21-16-31)44-28-37-10-4-6-12-42(37)46-44/h1-28H. The Bertz CT molecular complexity index is 2310. The van der Waals surface area contributed by atoms with E-state index in [1.807, 2.05) is 22.7 Å². The minimum atomic E-state index is 1.22. The molecule has 9 aromatic rings. The van der Waals surface area contributed by atoms with Crippen molar-refractivity contribution in [1.82, 2.24) is 0 Å². The van der Waals surface area contributed by atoms with Gasteiger partial charge in [-0.05, 0) is 115 Å². The number of rotatable bonds is 5. The maximum Gasteiger partial charge on any atom is 0.0355 e. The Labute approximate surface area is 276 Å². The number of hydrogen-bond acceptors (Lipinski definition) is 2. The summed E-state index contributed by atoms with van der Waals surface area (Å²) in [5.41, 5.74) is 9.84. The molecule has 0 saturated carbocycles. The molecule has 0 spiro atoms. The van der Waals surface area contributed by atoms with Crippen molar-refractivity contribution >= 4 is 53.6 Å². The van der Waals surface area contributed by atoms with Crippen LogP contribution in [0.1, 0.15) is 0 Å². The van der Waals surface area contributed by atoms with Crippen molar-refractivity contribution < 1.29 is 0 Å². The monoisotopic (exact) mass is 620 g/mol. The van der Waals surface area contributed by atoms with Crippen molar-refractivity contribution in [2.24, 2.45) is 0 Å². The van der Waals surface area contributed by atoms with Gasteiger partial charge >= 0.3 is 0 Å². The molecule has 46 heavy (non-hydrogen) atoms. The minimum Gasteiger partial charge on any atom is -0.135 e. The van der Waals surface area contributed by atoms with Crippen molar-refractivity contribution in [2.45, 2.75) is 0 Å². The second-order valence-electron chi connectivity index (χ2n) is 11.8. The summed E-state index contributed by atoms with van der Waals surface area (Å²) in [6.45, 7) is 0. The van der Waals surface area contributed by atoms with E-state index in [1.54, 1.807) is 0 Å². The van der Waals surface area contributed by atoms with Crippen LogP contribution in [0.4, 0.5) is 0 Å². The van der Waals surface area contributed by atoms with E-state index in [0.717, 1.165) is 0 Å². The lowest BCUT2D eigenvalue weighted by atomic mass is 9.92. The molecule has 0 aliphatic carbocycles. The fraction of sp³-hybridized carbons (Fsp3) is 0. The van der Waals surface area contributed by atoms with Crippen LogP contribution in [0, 0.1) is 0 Å². The van der Waals surface area contributed by atoms with Gasteiger partial charge in [-0.2, -0.15) is 0 Å². The molecule has 0 unspecified atom stereocenters. The molecule has 9 rings (SSSR count). The molecule has 0 bridgehead atoms. The van der Waals surface area contributed by atoms with E-state index >= 15 is 0 Å². The highest BCUT2D eigenvalue weighted by Gasteiger charge is 2.11. The third-order valence-corrected chi connectivity index (χ3v) is 11.2. The van der Waals surface area contributed by atoms with Gasteiger partial charge in [0.15, 0.2) is 0 Å². The van der Waals surface area contributed by atoms with Gasteiger partial charge in [-0.25, -0.2) is 0 Å². The maximum absolute atomic E-state index is 2.34. The SMILES string of the molecule is c1ccc2cc(-c3cc(-c4ccc(-c5cc6ccccc6s5)cc4)cc(-c4ccc(-c5cc6ccccc6s5)cc4)c3)ccc2c1. The molecule has 0 N–H and O–H groups in total. The van der Waals surface area contributed by atoms with Crippen molar-refractivity contribution in [2.75, 3.05) is 0 Å². The van der Waals surface area contributed by atoms with Crippen molar-refractivity contribution in [1.29, 1.82) is 0 Å². The predicted molar refractivity (Wildman–Crippen MR) is 202 cm³/mol. The van der Waals surface area contributed by atoms with Crippen LogP contribution in [0.5, 0.6) is 0 Å². The lowest BCUT2D eigenvalue weighted by molar-refractivity contribution is 1.57. The summed E-state index contributed by atoms with van der Waals surface area (Å²) in [4.78, 5) is 2.61. The van der Waals surface area contributed by atoms with Gasteiger partial charge in [-0.15, -0.1) is 22.7 Å². The van der Waals surface area contributed by atoms with Gasteiger partial charge < -0.3 is 0 Å². The highest BCUT2D eigenvalue weighted by atomic mass is 32.1. The average molecular weight is 621 g/mol. The predicted octanol–water partition coefficient (Wildman–Crippen LogP) is 13.6. The highest BCUT2D eigenvalue weighted by molar-refractivity contribution is 7.22.